The van der Waals surface area contributed by atoms with Gasteiger partial charge in [0.1, 0.15) is 5.69 Å². The van der Waals surface area contributed by atoms with Gasteiger partial charge in [0.25, 0.3) is 0 Å². The number of nitrogens with zero attached hydrogens (tertiary/aromatic N) is 2. The number of ether oxygens (including phenoxy) is 1. The molecule has 0 saturated heterocycles. The highest BCUT2D eigenvalue weighted by molar-refractivity contribution is 5.97. The molecule has 108 valence electrons. The quantitative estimate of drug-likeness (QED) is 0.691. The van der Waals surface area contributed by atoms with Crippen molar-refractivity contribution < 1.29 is 9.53 Å². The fraction of sp³-hybridized carbons (Fsp3) is 0.111. The Morgan fingerprint density at radius 2 is 1.91 bits per heavy atom. The molecule has 0 radical (unpaired) electrons. The average Bonchev–Trinajstić information content (AvgIpc) is 2.95. The maximum atomic E-state index is 12.2. The fourth-order valence-electron chi connectivity index (χ4n) is 2.47. The van der Waals surface area contributed by atoms with Gasteiger partial charge in [-0.2, -0.15) is 5.26 Å². The summed E-state index contributed by atoms with van der Waals surface area (Å²) in [6.07, 6.45) is 0. The summed E-state index contributed by atoms with van der Waals surface area (Å²) in [5, 5.41) is 9.88. The van der Waals surface area contributed by atoms with Gasteiger partial charge in [-0.25, -0.2) is 4.79 Å². The lowest BCUT2D eigenvalue weighted by Crippen LogP contribution is -2.10. The number of esters is 1. The molecule has 4 heteroatoms. The van der Waals surface area contributed by atoms with Gasteiger partial charge in [-0.3, -0.25) is 0 Å². The molecule has 1 aromatic heterocycles. The lowest BCUT2D eigenvalue weighted by atomic mass is 10.2. The first-order valence-corrected chi connectivity index (χ1v) is 7.02. The molecule has 0 aliphatic heterocycles. The number of fused-ring (bicyclic) bond motifs is 1. The number of hydrogen-bond acceptors (Lipinski definition) is 3. The molecule has 0 N–H and O–H groups in total. The molecule has 0 aliphatic carbocycles. The third-order valence-corrected chi connectivity index (χ3v) is 3.45. The van der Waals surface area contributed by atoms with Crippen LogP contribution < -0.4 is 0 Å². The van der Waals surface area contributed by atoms with Gasteiger partial charge in [-0.15, -0.1) is 0 Å². The van der Waals surface area contributed by atoms with Crippen molar-refractivity contribution in [3.63, 3.8) is 0 Å². The predicted octanol–water partition coefficient (Wildman–Crippen LogP) is 3.68. The summed E-state index contributed by atoms with van der Waals surface area (Å²) in [6.45, 7) is 2.11. The SMILES string of the molecule is CCOC(=O)c1cc2ccccc2n1-c1ccc(C#N)cc1. The maximum Gasteiger partial charge on any atom is 0.355 e. The van der Waals surface area contributed by atoms with Crippen LogP contribution in [0, 0.1) is 11.3 Å². The molecule has 0 aliphatic rings. The van der Waals surface area contributed by atoms with Gasteiger partial charge in [-0.05, 0) is 43.3 Å². The highest BCUT2D eigenvalue weighted by atomic mass is 16.5. The Labute approximate surface area is 128 Å². The largest absolute Gasteiger partial charge is 0.461 e. The van der Waals surface area contributed by atoms with Crippen LogP contribution in [-0.2, 0) is 4.74 Å². The molecule has 3 rings (SSSR count). The first-order chi connectivity index (χ1) is 10.7. The van der Waals surface area contributed by atoms with E-state index in [2.05, 4.69) is 6.07 Å². The number of hydrogen-bond donors (Lipinski definition) is 0. The van der Waals surface area contributed by atoms with Crippen LogP contribution in [0.5, 0.6) is 0 Å². The number of nitriles is 1. The van der Waals surface area contributed by atoms with E-state index in [-0.39, 0.29) is 5.97 Å². The molecule has 22 heavy (non-hydrogen) atoms. The van der Waals surface area contributed by atoms with Crippen LogP contribution in [0.25, 0.3) is 16.6 Å². The molecule has 0 atom stereocenters. The van der Waals surface area contributed by atoms with Crippen LogP contribution in [0.2, 0.25) is 0 Å². The topological polar surface area (TPSA) is 55.0 Å². The lowest BCUT2D eigenvalue weighted by molar-refractivity contribution is 0.0517. The van der Waals surface area contributed by atoms with Crippen LogP contribution >= 0.6 is 0 Å². The summed E-state index contributed by atoms with van der Waals surface area (Å²) in [7, 11) is 0. The normalized spacial score (nSPS) is 10.4. The van der Waals surface area contributed by atoms with Gasteiger partial charge >= 0.3 is 5.97 Å². The zero-order valence-electron chi connectivity index (χ0n) is 12.1. The monoisotopic (exact) mass is 290 g/mol. The first kappa shape index (κ1) is 13.9. The summed E-state index contributed by atoms with van der Waals surface area (Å²) >= 11 is 0. The van der Waals surface area contributed by atoms with E-state index in [0.717, 1.165) is 16.6 Å². The minimum Gasteiger partial charge on any atom is -0.461 e. The summed E-state index contributed by atoms with van der Waals surface area (Å²) < 4.78 is 7.01. The van der Waals surface area contributed by atoms with Crippen LogP contribution in [-0.4, -0.2) is 17.1 Å². The van der Waals surface area contributed by atoms with E-state index in [1.54, 1.807) is 19.1 Å². The zero-order chi connectivity index (χ0) is 15.5. The average molecular weight is 290 g/mol. The summed E-state index contributed by atoms with van der Waals surface area (Å²) in [4.78, 5) is 12.2. The third-order valence-electron chi connectivity index (χ3n) is 3.45. The molecule has 0 unspecified atom stereocenters. The molecular formula is C18H14N2O2. The number of carbonyl (C=O) groups excluding carboxylic acids is 1. The Kier molecular flexibility index (Phi) is 3.63. The van der Waals surface area contributed by atoms with Crippen molar-refractivity contribution in [1.29, 1.82) is 5.26 Å². The fourth-order valence-corrected chi connectivity index (χ4v) is 2.47. The van der Waals surface area contributed by atoms with E-state index in [9.17, 15) is 4.79 Å². The molecule has 0 bridgehead atoms. The van der Waals surface area contributed by atoms with Crippen molar-refractivity contribution in [2.24, 2.45) is 0 Å². The third kappa shape index (κ3) is 2.33. The van der Waals surface area contributed by atoms with Crippen LogP contribution in [0.15, 0.2) is 54.6 Å². The molecular weight excluding hydrogens is 276 g/mol. The molecule has 0 amide bonds. The van der Waals surface area contributed by atoms with Crippen molar-refractivity contribution in [1.82, 2.24) is 4.57 Å². The Bertz CT molecular complexity index is 870. The summed E-state index contributed by atoms with van der Waals surface area (Å²) in [6, 6.07) is 18.8. The van der Waals surface area contributed by atoms with E-state index in [0.29, 0.717) is 17.9 Å². The lowest BCUT2D eigenvalue weighted by Gasteiger charge is -2.10. The van der Waals surface area contributed by atoms with E-state index >= 15 is 0 Å². The van der Waals surface area contributed by atoms with Gasteiger partial charge in [0.15, 0.2) is 0 Å². The highest BCUT2D eigenvalue weighted by Gasteiger charge is 2.17. The van der Waals surface area contributed by atoms with Gasteiger partial charge < -0.3 is 9.30 Å². The van der Waals surface area contributed by atoms with Gasteiger partial charge in [0.05, 0.1) is 23.8 Å². The molecule has 1 heterocycles. The predicted molar refractivity (Wildman–Crippen MR) is 83.9 cm³/mol. The molecule has 0 spiro atoms. The Balaban J connectivity index is 2.22. The molecule has 0 fully saturated rings. The first-order valence-electron chi connectivity index (χ1n) is 7.02. The molecule has 4 nitrogen and oxygen atoms in total. The van der Waals surface area contributed by atoms with Crippen LogP contribution in [0.1, 0.15) is 23.0 Å². The van der Waals surface area contributed by atoms with Crippen molar-refractivity contribution in [3.05, 3.63) is 65.9 Å². The second kappa shape index (κ2) is 5.74. The Morgan fingerprint density at radius 3 is 2.59 bits per heavy atom. The minimum absolute atomic E-state index is 0.327. The van der Waals surface area contributed by atoms with Gasteiger partial charge in [0, 0.05) is 11.1 Å². The minimum atomic E-state index is -0.358. The molecule has 3 aromatic rings. The van der Waals surface area contributed by atoms with E-state index in [1.807, 2.05) is 47.0 Å². The Hall–Kier alpha value is -3.06. The molecule has 0 saturated carbocycles. The highest BCUT2D eigenvalue weighted by Crippen LogP contribution is 2.25. The van der Waals surface area contributed by atoms with Gasteiger partial charge in [-0.1, -0.05) is 18.2 Å². The Morgan fingerprint density at radius 1 is 1.18 bits per heavy atom. The van der Waals surface area contributed by atoms with Crippen LogP contribution in [0.3, 0.4) is 0 Å². The molecule has 2 aromatic carbocycles. The van der Waals surface area contributed by atoms with Gasteiger partial charge in [0.2, 0.25) is 0 Å². The van der Waals surface area contributed by atoms with Crippen LogP contribution in [0.4, 0.5) is 0 Å². The number of benzene rings is 2. The van der Waals surface area contributed by atoms with Crippen molar-refractivity contribution >= 4 is 16.9 Å². The number of para-hydroxylation sites is 1. The van der Waals surface area contributed by atoms with E-state index in [1.165, 1.54) is 0 Å². The number of carbonyl (C=O) groups is 1. The van der Waals surface area contributed by atoms with E-state index < -0.39 is 0 Å². The van der Waals surface area contributed by atoms with Crippen molar-refractivity contribution in [2.75, 3.05) is 6.61 Å². The number of aromatic nitrogens is 1. The summed E-state index contributed by atoms with van der Waals surface area (Å²) in [5.74, 6) is -0.358. The smallest absolute Gasteiger partial charge is 0.355 e. The zero-order valence-corrected chi connectivity index (χ0v) is 12.1. The second-order valence-corrected chi connectivity index (χ2v) is 4.80. The number of rotatable bonds is 3. The van der Waals surface area contributed by atoms with Crippen molar-refractivity contribution in [3.8, 4) is 11.8 Å². The van der Waals surface area contributed by atoms with Crippen molar-refractivity contribution in [2.45, 2.75) is 6.92 Å². The van der Waals surface area contributed by atoms with E-state index in [4.69, 9.17) is 10.00 Å². The second-order valence-electron chi connectivity index (χ2n) is 4.80. The maximum absolute atomic E-state index is 12.2. The summed E-state index contributed by atoms with van der Waals surface area (Å²) in [5.41, 5.74) is 2.81. The standard InChI is InChI=1S/C18H14N2O2/c1-2-22-18(21)17-11-14-5-3-4-6-16(14)20(17)15-9-7-13(12-19)8-10-15/h3-11H,2H2,1H3.